The molecule has 0 aromatic carbocycles. The normalized spacial score (nSPS) is 16.8. The van der Waals surface area contributed by atoms with Crippen LogP contribution in [0.1, 0.15) is 4.88 Å². The van der Waals surface area contributed by atoms with E-state index < -0.39 is 16.1 Å². The minimum absolute atomic E-state index is 1.16. The van der Waals surface area contributed by atoms with Crippen molar-refractivity contribution in [1.29, 1.82) is 0 Å². The van der Waals surface area contributed by atoms with Crippen molar-refractivity contribution in [1.82, 2.24) is 0 Å². The van der Waals surface area contributed by atoms with Crippen molar-refractivity contribution in [3.63, 3.8) is 0 Å². The summed E-state index contributed by atoms with van der Waals surface area (Å²) in [4.78, 5) is 4.71. The van der Waals surface area contributed by atoms with Gasteiger partial charge in [-0.05, 0) is 27.9 Å². The molecular formula is C14H20S2Si2. The van der Waals surface area contributed by atoms with E-state index in [-0.39, 0.29) is 0 Å². The smallest absolute Gasteiger partial charge is 0.116 e. The van der Waals surface area contributed by atoms with Crippen LogP contribution in [0.2, 0.25) is 32.7 Å². The molecule has 0 bridgehead atoms. The van der Waals surface area contributed by atoms with Crippen LogP contribution >= 0.6 is 22.7 Å². The zero-order chi connectivity index (χ0) is 13.3. The van der Waals surface area contributed by atoms with Gasteiger partial charge in [-0.25, -0.2) is 0 Å². The van der Waals surface area contributed by atoms with Crippen LogP contribution in [0.3, 0.4) is 0 Å². The van der Waals surface area contributed by atoms with Crippen molar-refractivity contribution in [3.8, 4) is 9.75 Å². The molecule has 0 saturated carbocycles. The number of aryl methyl sites for hydroxylation is 1. The molecule has 0 atom stereocenters. The molecule has 96 valence electrons. The zero-order valence-electron chi connectivity index (χ0n) is 12.0. The molecule has 1 aliphatic heterocycles. The molecule has 0 nitrogen and oxygen atoms in total. The highest BCUT2D eigenvalue weighted by Crippen LogP contribution is 2.37. The highest BCUT2D eigenvalue weighted by molar-refractivity contribution is 7.35. The fraction of sp³-hybridized carbons (Fsp3) is 0.429. The first-order chi connectivity index (χ1) is 8.21. The van der Waals surface area contributed by atoms with Crippen LogP contribution in [-0.2, 0) is 0 Å². The number of hydrogen-bond acceptors (Lipinski definition) is 2. The molecule has 0 amide bonds. The molecule has 0 fully saturated rings. The lowest BCUT2D eigenvalue weighted by molar-refractivity contribution is 1.65. The molecule has 3 rings (SSSR count). The third-order valence-electron chi connectivity index (χ3n) is 3.88. The predicted octanol–water partition coefficient (Wildman–Crippen LogP) is 3.47. The minimum Gasteiger partial charge on any atom is -0.144 e. The molecule has 1 aliphatic rings. The van der Waals surface area contributed by atoms with Crippen molar-refractivity contribution in [2.45, 2.75) is 39.7 Å². The average Bonchev–Trinajstić information content (AvgIpc) is 2.82. The molecule has 18 heavy (non-hydrogen) atoms. The van der Waals surface area contributed by atoms with Gasteiger partial charge in [0.05, 0.1) is 8.07 Å². The van der Waals surface area contributed by atoms with E-state index in [1.165, 1.54) is 4.88 Å². The van der Waals surface area contributed by atoms with Crippen LogP contribution in [0, 0.1) is 6.92 Å². The van der Waals surface area contributed by atoms with Gasteiger partial charge in [0.25, 0.3) is 0 Å². The highest BCUT2D eigenvalue weighted by atomic mass is 32.1. The predicted molar refractivity (Wildman–Crippen MR) is 92.1 cm³/mol. The number of fused-ring (bicyclic) bond motifs is 3. The Morgan fingerprint density at radius 1 is 0.944 bits per heavy atom. The summed E-state index contributed by atoms with van der Waals surface area (Å²) in [7, 11) is -2.53. The second kappa shape index (κ2) is 3.69. The van der Waals surface area contributed by atoms with Gasteiger partial charge in [0.1, 0.15) is 8.07 Å². The van der Waals surface area contributed by atoms with E-state index in [1.807, 2.05) is 11.3 Å². The van der Waals surface area contributed by atoms with Gasteiger partial charge in [-0.3, -0.25) is 0 Å². The van der Waals surface area contributed by atoms with Crippen LogP contribution in [0.15, 0.2) is 12.1 Å². The lowest BCUT2D eigenvalue weighted by Gasteiger charge is -2.17. The van der Waals surface area contributed by atoms with Gasteiger partial charge in [-0.1, -0.05) is 38.8 Å². The molecule has 2 aromatic heterocycles. The Hall–Kier alpha value is -0.166. The van der Waals surface area contributed by atoms with Crippen molar-refractivity contribution in [2.75, 3.05) is 0 Å². The molecule has 0 saturated heterocycles. The van der Waals surface area contributed by atoms with Gasteiger partial charge in [-0.15, -0.1) is 22.7 Å². The maximum absolute atomic E-state index is 2.57. The van der Waals surface area contributed by atoms with Gasteiger partial charge in [0.2, 0.25) is 0 Å². The standard InChI is InChI=1S/C14H20S2Si2/c1-9-7-10-13(15-9)14-11(18(10,5)6)8-12(16-14)17(2,3)4/h7-8H,1-6H3. The summed E-state index contributed by atoms with van der Waals surface area (Å²) in [6, 6.07) is 5.02. The van der Waals surface area contributed by atoms with E-state index >= 15 is 0 Å². The molecular weight excluding hydrogens is 288 g/mol. The monoisotopic (exact) mass is 308 g/mol. The van der Waals surface area contributed by atoms with Crippen LogP contribution < -0.4 is 14.9 Å². The van der Waals surface area contributed by atoms with Gasteiger partial charge in [0, 0.05) is 14.6 Å². The summed E-state index contributed by atoms with van der Waals surface area (Å²) in [5.41, 5.74) is 0. The van der Waals surface area contributed by atoms with E-state index in [0.717, 1.165) is 0 Å². The zero-order valence-corrected chi connectivity index (χ0v) is 15.6. The first-order valence-corrected chi connectivity index (χ1v) is 14.6. The van der Waals surface area contributed by atoms with Crippen molar-refractivity contribution in [3.05, 3.63) is 17.0 Å². The Labute approximate surface area is 120 Å². The van der Waals surface area contributed by atoms with Crippen LogP contribution in [-0.4, -0.2) is 16.1 Å². The maximum Gasteiger partial charge on any atom is 0.116 e. The molecule has 0 radical (unpaired) electrons. The molecule has 2 aromatic rings. The third-order valence-corrected chi connectivity index (χ3v) is 13.7. The lowest BCUT2D eigenvalue weighted by Crippen LogP contribution is -2.49. The summed E-state index contributed by atoms with van der Waals surface area (Å²) in [5, 5.41) is 3.40. The Morgan fingerprint density at radius 3 is 2.11 bits per heavy atom. The number of hydrogen-bond donors (Lipinski definition) is 0. The van der Waals surface area contributed by atoms with Crippen LogP contribution in [0.25, 0.3) is 9.75 Å². The van der Waals surface area contributed by atoms with Crippen molar-refractivity contribution in [2.24, 2.45) is 0 Å². The molecule has 0 unspecified atom stereocenters. The molecule has 0 spiro atoms. The van der Waals surface area contributed by atoms with E-state index in [4.69, 9.17) is 0 Å². The number of rotatable bonds is 1. The molecule has 3 heterocycles. The SMILES string of the molecule is Cc1cc2c(s1)-c1sc([Si](C)(C)C)cc1[Si]2(C)C. The second-order valence-corrected chi connectivity index (χ2v) is 18.9. The van der Waals surface area contributed by atoms with Crippen molar-refractivity contribution >= 4 is 53.7 Å². The van der Waals surface area contributed by atoms with E-state index in [1.54, 1.807) is 24.6 Å². The fourth-order valence-corrected chi connectivity index (χ4v) is 11.8. The lowest BCUT2D eigenvalue weighted by atomic mass is 10.4. The number of thiophene rings is 2. The first kappa shape index (κ1) is 12.8. The van der Waals surface area contributed by atoms with Gasteiger partial charge in [0.15, 0.2) is 0 Å². The van der Waals surface area contributed by atoms with Crippen molar-refractivity contribution < 1.29 is 0 Å². The third kappa shape index (κ3) is 1.66. The summed E-state index contributed by atoms with van der Waals surface area (Å²) in [6.07, 6.45) is 0. The molecule has 0 aliphatic carbocycles. The maximum atomic E-state index is 2.57. The summed E-state index contributed by atoms with van der Waals surface area (Å²) in [5.74, 6) is 0. The van der Waals surface area contributed by atoms with Crippen LogP contribution in [0.4, 0.5) is 0 Å². The summed E-state index contributed by atoms with van der Waals surface area (Å²) >= 11 is 4.10. The first-order valence-electron chi connectivity index (χ1n) is 6.47. The summed E-state index contributed by atoms with van der Waals surface area (Å²) < 4.78 is 1.68. The van der Waals surface area contributed by atoms with Gasteiger partial charge in [-0.2, -0.15) is 0 Å². The fourth-order valence-electron chi connectivity index (χ4n) is 2.69. The Bertz CT molecular complexity index is 627. The summed E-state index contributed by atoms with van der Waals surface area (Å²) in [6.45, 7) is 14.7. The quantitative estimate of drug-likeness (QED) is 0.708. The largest absolute Gasteiger partial charge is 0.144 e. The van der Waals surface area contributed by atoms with E-state index in [9.17, 15) is 0 Å². The Morgan fingerprint density at radius 2 is 1.50 bits per heavy atom. The minimum atomic E-state index is -1.38. The molecule has 4 heteroatoms. The topological polar surface area (TPSA) is 0 Å². The highest BCUT2D eigenvalue weighted by Gasteiger charge is 2.41. The van der Waals surface area contributed by atoms with E-state index in [2.05, 4.69) is 63.1 Å². The Balaban J connectivity index is 2.26. The van der Waals surface area contributed by atoms with Gasteiger partial charge < -0.3 is 0 Å². The van der Waals surface area contributed by atoms with Gasteiger partial charge >= 0.3 is 0 Å². The van der Waals surface area contributed by atoms with E-state index in [0.29, 0.717) is 0 Å². The van der Waals surface area contributed by atoms with Crippen LogP contribution in [0.5, 0.6) is 0 Å². The Kier molecular flexibility index (Phi) is 2.63. The second-order valence-electron chi connectivity index (χ2n) is 6.83. The average molecular weight is 309 g/mol. The molecule has 0 N–H and O–H groups in total.